The van der Waals surface area contributed by atoms with Crippen molar-refractivity contribution in [2.45, 2.75) is 31.6 Å². The molecule has 1 amide bonds. The summed E-state index contributed by atoms with van der Waals surface area (Å²) in [6.07, 6.45) is 6.43. The molecule has 8 heteroatoms. The Morgan fingerprint density at radius 2 is 1.81 bits per heavy atom. The fourth-order valence-corrected chi connectivity index (χ4v) is 4.34. The molecule has 1 saturated heterocycles. The van der Waals surface area contributed by atoms with Crippen molar-refractivity contribution in [1.29, 1.82) is 0 Å². The summed E-state index contributed by atoms with van der Waals surface area (Å²) < 4.78 is 19.4. The molecule has 7 nitrogen and oxygen atoms in total. The van der Waals surface area contributed by atoms with Crippen molar-refractivity contribution in [3.8, 4) is 11.4 Å². The number of hydrogen-bond acceptors (Lipinski definition) is 6. The molecule has 0 N–H and O–H groups in total. The summed E-state index contributed by atoms with van der Waals surface area (Å²) in [6.45, 7) is 2.32. The highest BCUT2D eigenvalue weighted by Crippen LogP contribution is 2.34. The zero-order valence-corrected chi connectivity index (χ0v) is 17.2. The summed E-state index contributed by atoms with van der Waals surface area (Å²) in [5.41, 5.74) is 0.945. The van der Waals surface area contributed by atoms with E-state index < -0.39 is 5.82 Å². The van der Waals surface area contributed by atoms with Crippen LogP contribution in [0.15, 0.2) is 47.1 Å². The zero-order chi connectivity index (χ0) is 21.2. The first-order valence-electron chi connectivity index (χ1n) is 10.8. The lowest BCUT2D eigenvalue weighted by Gasteiger charge is -2.35. The fourth-order valence-electron chi connectivity index (χ4n) is 4.34. The van der Waals surface area contributed by atoms with E-state index in [1.54, 1.807) is 23.2 Å². The molecule has 2 aliphatic rings. The molecular formula is C23H24FN5O2. The van der Waals surface area contributed by atoms with Gasteiger partial charge < -0.3 is 14.3 Å². The van der Waals surface area contributed by atoms with Crippen molar-refractivity contribution in [2.75, 3.05) is 31.1 Å². The number of benzene rings is 1. The topological polar surface area (TPSA) is 75.4 Å². The maximum atomic E-state index is 13.9. The Balaban J connectivity index is 1.21. The highest BCUT2D eigenvalue weighted by molar-refractivity contribution is 5.94. The van der Waals surface area contributed by atoms with E-state index in [0.29, 0.717) is 37.9 Å². The first-order chi connectivity index (χ1) is 15.2. The second-order valence-electron chi connectivity index (χ2n) is 8.10. The third-order valence-corrected chi connectivity index (χ3v) is 6.15. The van der Waals surface area contributed by atoms with Crippen molar-refractivity contribution < 1.29 is 13.7 Å². The first kappa shape index (κ1) is 19.7. The second kappa shape index (κ2) is 8.45. The third-order valence-electron chi connectivity index (χ3n) is 6.15. The number of rotatable bonds is 4. The molecule has 5 rings (SSSR count). The van der Waals surface area contributed by atoms with E-state index in [1.165, 1.54) is 25.0 Å². The lowest BCUT2D eigenvalue weighted by atomic mass is 10.1. The minimum absolute atomic E-state index is 0.121. The largest absolute Gasteiger partial charge is 0.353 e. The molecule has 2 aromatic heterocycles. The van der Waals surface area contributed by atoms with Crippen LogP contribution in [0.5, 0.6) is 0 Å². The highest BCUT2D eigenvalue weighted by atomic mass is 19.1. The Morgan fingerprint density at radius 1 is 1.03 bits per heavy atom. The van der Waals surface area contributed by atoms with E-state index in [0.717, 1.165) is 30.1 Å². The van der Waals surface area contributed by atoms with Crippen LogP contribution in [0, 0.1) is 5.82 Å². The zero-order valence-electron chi connectivity index (χ0n) is 17.2. The maximum absolute atomic E-state index is 13.9. The molecule has 1 saturated carbocycles. The Kier molecular flexibility index (Phi) is 5.36. The normalized spacial score (nSPS) is 17.3. The number of amides is 1. The van der Waals surface area contributed by atoms with Crippen molar-refractivity contribution >= 4 is 11.7 Å². The van der Waals surface area contributed by atoms with Crippen LogP contribution in [0.3, 0.4) is 0 Å². The first-order valence-corrected chi connectivity index (χ1v) is 10.8. The van der Waals surface area contributed by atoms with Gasteiger partial charge in [-0.2, -0.15) is 4.98 Å². The monoisotopic (exact) mass is 421 g/mol. The SMILES string of the molecule is O=C(c1ccccc1F)N1CCN(c2ccc(-c3noc(C4CCCC4)n3)cn2)CC1. The van der Waals surface area contributed by atoms with Crippen LogP contribution in [0.1, 0.15) is 47.8 Å². The van der Waals surface area contributed by atoms with Gasteiger partial charge in [0.15, 0.2) is 0 Å². The summed E-state index contributed by atoms with van der Waals surface area (Å²) in [6, 6.07) is 10.00. The van der Waals surface area contributed by atoms with Crippen LogP contribution in [0.4, 0.5) is 10.2 Å². The smallest absolute Gasteiger partial charge is 0.256 e. The van der Waals surface area contributed by atoms with Crippen LogP contribution in [0.25, 0.3) is 11.4 Å². The van der Waals surface area contributed by atoms with Gasteiger partial charge in [-0.3, -0.25) is 4.79 Å². The lowest BCUT2D eigenvalue weighted by Crippen LogP contribution is -2.49. The minimum atomic E-state index is -0.482. The summed E-state index contributed by atoms with van der Waals surface area (Å²) >= 11 is 0. The number of nitrogens with zero attached hydrogens (tertiary/aromatic N) is 5. The summed E-state index contributed by atoms with van der Waals surface area (Å²) in [4.78, 5) is 25.5. The average Bonchev–Trinajstić information content (AvgIpc) is 3.51. The van der Waals surface area contributed by atoms with Gasteiger partial charge in [-0.25, -0.2) is 9.37 Å². The minimum Gasteiger partial charge on any atom is -0.353 e. The number of hydrogen-bond donors (Lipinski definition) is 0. The molecule has 0 unspecified atom stereocenters. The third kappa shape index (κ3) is 4.02. The number of halogens is 1. The van der Waals surface area contributed by atoms with Gasteiger partial charge in [0.1, 0.15) is 11.6 Å². The van der Waals surface area contributed by atoms with Gasteiger partial charge >= 0.3 is 0 Å². The van der Waals surface area contributed by atoms with E-state index in [4.69, 9.17) is 4.52 Å². The van der Waals surface area contributed by atoms with Gasteiger partial charge in [0.2, 0.25) is 11.7 Å². The molecule has 0 spiro atoms. The Hall–Kier alpha value is -3.29. The maximum Gasteiger partial charge on any atom is 0.256 e. The fraction of sp³-hybridized carbons (Fsp3) is 0.391. The van der Waals surface area contributed by atoms with Crippen LogP contribution in [0.2, 0.25) is 0 Å². The summed E-state index contributed by atoms with van der Waals surface area (Å²) in [7, 11) is 0. The predicted octanol–water partition coefficient (Wildman–Crippen LogP) is 3.89. The summed E-state index contributed by atoms with van der Waals surface area (Å²) in [5.74, 6) is 1.77. The van der Waals surface area contributed by atoms with Crippen LogP contribution >= 0.6 is 0 Å². The number of piperazine rings is 1. The number of anilines is 1. The molecule has 2 fully saturated rings. The van der Waals surface area contributed by atoms with E-state index in [-0.39, 0.29) is 11.5 Å². The van der Waals surface area contributed by atoms with Crippen LogP contribution in [-0.4, -0.2) is 52.1 Å². The molecule has 0 bridgehead atoms. The molecule has 1 aliphatic heterocycles. The molecule has 0 atom stereocenters. The van der Waals surface area contributed by atoms with Crippen LogP contribution < -0.4 is 4.90 Å². The molecular weight excluding hydrogens is 397 g/mol. The van der Waals surface area contributed by atoms with Crippen LogP contribution in [-0.2, 0) is 0 Å². The van der Waals surface area contributed by atoms with Crippen molar-refractivity contribution in [3.05, 3.63) is 59.9 Å². The van der Waals surface area contributed by atoms with Crippen molar-refractivity contribution in [3.63, 3.8) is 0 Å². The Bertz CT molecular complexity index is 1050. The number of carbonyl (C=O) groups is 1. The number of carbonyl (C=O) groups excluding carboxylic acids is 1. The quantitative estimate of drug-likeness (QED) is 0.636. The summed E-state index contributed by atoms with van der Waals surface area (Å²) in [5, 5.41) is 4.12. The standard InChI is InChI=1S/C23H24FN5O2/c24-19-8-4-3-7-18(19)23(30)29-13-11-28(12-14-29)20-10-9-17(15-25-20)21-26-22(31-27-21)16-5-1-2-6-16/h3-4,7-10,15-16H,1-2,5-6,11-14H2. The molecule has 0 radical (unpaired) electrons. The molecule has 1 aliphatic carbocycles. The van der Waals surface area contributed by atoms with Gasteiger partial charge in [-0.1, -0.05) is 30.1 Å². The van der Waals surface area contributed by atoms with Gasteiger partial charge in [0, 0.05) is 43.9 Å². The van der Waals surface area contributed by atoms with Gasteiger partial charge in [-0.15, -0.1) is 0 Å². The predicted molar refractivity (Wildman–Crippen MR) is 113 cm³/mol. The van der Waals surface area contributed by atoms with Gasteiger partial charge in [0.25, 0.3) is 5.91 Å². The van der Waals surface area contributed by atoms with Crippen molar-refractivity contribution in [2.24, 2.45) is 0 Å². The number of pyridine rings is 1. The molecule has 31 heavy (non-hydrogen) atoms. The lowest BCUT2D eigenvalue weighted by molar-refractivity contribution is 0.0742. The Morgan fingerprint density at radius 3 is 2.52 bits per heavy atom. The van der Waals surface area contributed by atoms with Gasteiger partial charge in [-0.05, 0) is 37.1 Å². The Labute approximate surface area is 179 Å². The van der Waals surface area contributed by atoms with E-state index in [9.17, 15) is 9.18 Å². The molecule has 160 valence electrons. The molecule has 3 aromatic rings. The van der Waals surface area contributed by atoms with E-state index >= 15 is 0 Å². The highest BCUT2D eigenvalue weighted by Gasteiger charge is 2.25. The second-order valence-corrected chi connectivity index (χ2v) is 8.10. The molecule has 3 heterocycles. The van der Waals surface area contributed by atoms with E-state index in [1.807, 2.05) is 12.1 Å². The average molecular weight is 421 g/mol. The molecule has 1 aromatic carbocycles. The van der Waals surface area contributed by atoms with E-state index in [2.05, 4.69) is 20.0 Å². The van der Waals surface area contributed by atoms with Crippen molar-refractivity contribution in [1.82, 2.24) is 20.0 Å². The van der Waals surface area contributed by atoms with Gasteiger partial charge in [0.05, 0.1) is 5.56 Å². The number of aromatic nitrogens is 3.